The van der Waals surface area contributed by atoms with E-state index in [0.717, 1.165) is 16.9 Å². The van der Waals surface area contributed by atoms with E-state index in [0.29, 0.717) is 32.5 Å². The second-order valence-corrected chi connectivity index (χ2v) is 7.82. The molecular formula is C24H29N3O3. The second-order valence-electron chi connectivity index (χ2n) is 7.82. The van der Waals surface area contributed by atoms with Crippen LogP contribution in [0.5, 0.6) is 5.75 Å². The van der Waals surface area contributed by atoms with E-state index in [9.17, 15) is 9.59 Å². The van der Waals surface area contributed by atoms with Crippen LogP contribution in [-0.2, 0) is 16.2 Å². The van der Waals surface area contributed by atoms with Gasteiger partial charge in [-0.15, -0.1) is 0 Å². The summed E-state index contributed by atoms with van der Waals surface area (Å²) in [6.45, 7) is 5.61. The number of pyridine rings is 1. The van der Waals surface area contributed by atoms with E-state index in [4.69, 9.17) is 4.74 Å². The summed E-state index contributed by atoms with van der Waals surface area (Å²) in [5.74, 6) is 0.844. The van der Waals surface area contributed by atoms with E-state index in [1.807, 2.05) is 56.3 Å². The zero-order chi connectivity index (χ0) is 21.3. The molecule has 1 aromatic heterocycles. The van der Waals surface area contributed by atoms with E-state index >= 15 is 0 Å². The fourth-order valence-electron chi connectivity index (χ4n) is 3.36. The Morgan fingerprint density at radius 1 is 1.20 bits per heavy atom. The molecule has 6 heteroatoms. The fraction of sp³-hybridized carbons (Fsp3) is 0.375. The van der Waals surface area contributed by atoms with E-state index in [2.05, 4.69) is 10.3 Å². The number of piperidine rings is 1. The molecule has 3 rings (SSSR count). The van der Waals surface area contributed by atoms with Crippen LogP contribution in [0.25, 0.3) is 6.08 Å². The van der Waals surface area contributed by atoms with Gasteiger partial charge in [-0.2, -0.15) is 0 Å². The van der Waals surface area contributed by atoms with Gasteiger partial charge in [0.15, 0.2) is 0 Å². The average molecular weight is 408 g/mol. The summed E-state index contributed by atoms with van der Waals surface area (Å²) in [5, 5.41) is 2.96. The Morgan fingerprint density at radius 3 is 2.57 bits per heavy atom. The van der Waals surface area contributed by atoms with Gasteiger partial charge >= 0.3 is 0 Å². The first kappa shape index (κ1) is 21.6. The van der Waals surface area contributed by atoms with Gasteiger partial charge in [-0.25, -0.2) is 0 Å². The molecule has 6 nitrogen and oxygen atoms in total. The monoisotopic (exact) mass is 407 g/mol. The molecule has 1 aliphatic heterocycles. The molecule has 2 heterocycles. The van der Waals surface area contributed by atoms with E-state index in [-0.39, 0.29) is 23.8 Å². The molecule has 0 atom stereocenters. The molecule has 158 valence electrons. The lowest BCUT2D eigenvalue weighted by atomic mass is 9.95. The number of aromatic nitrogens is 1. The summed E-state index contributed by atoms with van der Waals surface area (Å²) in [7, 11) is 0. The topological polar surface area (TPSA) is 71.5 Å². The number of ether oxygens (including phenoxy) is 1. The van der Waals surface area contributed by atoms with E-state index < -0.39 is 0 Å². The largest absolute Gasteiger partial charge is 0.489 e. The fourth-order valence-corrected chi connectivity index (χ4v) is 3.36. The highest BCUT2D eigenvalue weighted by Crippen LogP contribution is 2.19. The zero-order valence-corrected chi connectivity index (χ0v) is 17.6. The first-order valence-corrected chi connectivity index (χ1v) is 10.4. The van der Waals surface area contributed by atoms with Gasteiger partial charge in [0.2, 0.25) is 11.8 Å². The Morgan fingerprint density at radius 2 is 1.93 bits per heavy atom. The Hall–Kier alpha value is -3.15. The Bertz CT molecular complexity index is 855. The molecule has 1 N–H and O–H groups in total. The molecule has 1 aromatic carbocycles. The number of benzene rings is 1. The summed E-state index contributed by atoms with van der Waals surface area (Å²) in [5.41, 5.74) is 1.95. The van der Waals surface area contributed by atoms with Crippen LogP contribution in [0.15, 0.2) is 54.9 Å². The highest BCUT2D eigenvalue weighted by molar-refractivity contribution is 5.92. The quantitative estimate of drug-likeness (QED) is 0.714. The third-order valence-electron chi connectivity index (χ3n) is 5.04. The SMILES string of the molecule is CC(C)NC(=O)C1CCN(C(=O)/C=C/c2ccc(OCc3cccnc3)cc2)CC1. The molecular weight excluding hydrogens is 378 g/mol. The molecule has 30 heavy (non-hydrogen) atoms. The normalized spacial score (nSPS) is 14.8. The van der Waals surface area contributed by atoms with Crippen LogP contribution in [0.3, 0.4) is 0 Å². The third-order valence-corrected chi connectivity index (χ3v) is 5.04. The lowest BCUT2D eigenvalue weighted by molar-refractivity contribution is -0.132. The van der Waals surface area contributed by atoms with Crippen LogP contribution in [0.2, 0.25) is 0 Å². The van der Waals surface area contributed by atoms with Gasteiger partial charge in [0.25, 0.3) is 0 Å². The molecule has 0 radical (unpaired) electrons. The maximum absolute atomic E-state index is 12.5. The summed E-state index contributed by atoms with van der Waals surface area (Å²) in [6.07, 6.45) is 8.34. The lowest BCUT2D eigenvalue weighted by Gasteiger charge is -2.31. The predicted octanol–water partition coefficient (Wildman–Crippen LogP) is 3.44. The molecule has 1 saturated heterocycles. The summed E-state index contributed by atoms with van der Waals surface area (Å²) >= 11 is 0. The maximum Gasteiger partial charge on any atom is 0.246 e. The van der Waals surface area contributed by atoms with Gasteiger partial charge in [0.1, 0.15) is 12.4 Å². The minimum absolute atomic E-state index is 0.000332. The molecule has 0 aliphatic carbocycles. The predicted molar refractivity (Wildman–Crippen MR) is 117 cm³/mol. The van der Waals surface area contributed by atoms with Crippen molar-refractivity contribution in [3.63, 3.8) is 0 Å². The van der Waals surface area contributed by atoms with Crippen LogP contribution in [0.1, 0.15) is 37.8 Å². The van der Waals surface area contributed by atoms with Crippen molar-refractivity contribution >= 4 is 17.9 Å². The number of hydrogen-bond donors (Lipinski definition) is 1. The standard InChI is InChI=1S/C24H29N3O3/c1-18(2)26-24(29)21-11-14-27(15-12-21)23(28)10-7-19-5-8-22(9-6-19)30-17-20-4-3-13-25-16-20/h3-10,13,16,18,21H,11-12,14-15,17H2,1-2H3,(H,26,29)/b10-7+. The number of nitrogens with one attached hydrogen (secondary N) is 1. The molecule has 0 unspecified atom stereocenters. The highest BCUT2D eigenvalue weighted by atomic mass is 16.5. The zero-order valence-electron chi connectivity index (χ0n) is 17.6. The molecule has 0 spiro atoms. The minimum Gasteiger partial charge on any atom is -0.489 e. The van der Waals surface area contributed by atoms with Gasteiger partial charge in [0.05, 0.1) is 0 Å². The minimum atomic E-state index is -0.0189. The summed E-state index contributed by atoms with van der Waals surface area (Å²) in [6, 6.07) is 11.6. The number of likely N-dealkylation sites (tertiary alicyclic amines) is 1. The van der Waals surface area contributed by atoms with Crippen LogP contribution >= 0.6 is 0 Å². The Kier molecular flexibility index (Phi) is 7.60. The summed E-state index contributed by atoms with van der Waals surface area (Å²) < 4.78 is 5.75. The van der Waals surface area contributed by atoms with Gasteiger partial charge in [0, 0.05) is 49.1 Å². The maximum atomic E-state index is 12.5. The molecule has 2 amide bonds. The Balaban J connectivity index is 1.45. The molecule has 1 fully saturated rings. The van der Waals surface area contributed by atoms with Crippen LogP contribution in [0.4, 0.5) is 0 Å². The van der Waals surface area contributed by atoms with Gasteiger partial charge < -0.3 is 15.0 Å². The van der Waals surface area contributed by atoms with Crippen molar-refractivity contribution in [2.45, 2.75) is 39.3 Å². The number of carbonyl (C=O) groups excluding carboxylic acids is 2. The molecule has 1 aliphatic rings. The van der Waals surface area contributed by atoms with Gasteiger partial charge in [-0.05, 0) is 56.5 Å². The smallest absolute Gasteiger partial charge is 0.246 e. The van der Waals surface area contributed by atoms with Crippen LogP contribution < -0.4 is 10.1 Å². The second kappa shape index (κ2) is 10.6. The third kappa shape index (κ3) is 6.44. The van der Waals surface area contributed by atoms with Crippen molar-refractivity contribution in [3.05, 3.63) is 66.0 Å². The van der Waals surface area contributed by atoms with Gasteiger partial charge in [-0.1, -0.05) is 18.2 Å². The summed E-state index contributed by atoms with van der Waals surface area (Å²) in [4.78, 5) is 30.4. The van der Waals surface area contributed by atoms with Gasteiger partial charge in [-0.3, -0.25) is 14.6 Å². The average Bonchev–Trinajstić information content (AvgIpc) is 2.77. The molecule has 0 bridgehead atoms. The van der Waals surface area contributed by atoms with Crippen LogP contribution in [0, 0.1) is 5.92 Å². The van der Waals surface area contributed by atoms with E-state index in [1.165, 1.54) is 0 Å². The number of hydrogen-bond acceptors (Lipinski definition) is 4. The number of nitrogens with zero attached hydrogens (tertiary/aromatic N) is 2. The number of rotatable bonds is 7. The number of carbonyl (C=O) groups is 2. The molecule has 2 aromatic rings. The Labute approximate surface area is 178 Å². The first-order valence-electron chi connectivity index (χ1n) is 10.4. The lowest BCUT2D eigenvalue weighted by Crippen LogP contribution is -2.43. The van der Waals surface area contributed by atoms with Crippen LogP contribution in [-0.4, -0.2) is 40.8 Å². The van der Waals surface area contributed by atoms with Crippen molar-refractivity contribution in [2.75, 3.05) is 13.1 Å². The number of amides is 2. The van der Waals surface area contributed by atoms with Crippen molar-refractivity contribution < 1.29 is 14.3 Å². The van der Waals surface area contributed by atoms with Crippen molar-refractivity contribution in [3.8, 4) is 5.75 Å². The van der Waals surface area contributed by atoms with Crippen molar-refractivity contribution in [1.29, 1.82) is 0 Å². The highest BCUT2D eigenvalue weighted by Gasteiger charge is 2.26. The van der Waals surface area contributed by atoms with E-state index in [1.54, 1.807) is 23.4 Å². The van der Waals surface area contributed by atoms with Crippen molar-refractivity contribution in [2.24, 2.45) is 5.92 Å². The van der Waals surface area contributed by atoms with Crippen molar-refractivity contribution in [1.82, 2.24) is 15.2 Å². The molecule has 0 saturated carbocycles. The first-order chi connectivity index (χ1) is 14.5.